The molecule has 14 heavy (non-hydrogen) atoms. The van der Waals surface area contributed by atoms with Crippen molar-refractivity contribution in [1.29, 1.82) is 0 Å². The Morgan fingerprint density at radius 1 is 1.00 bits per heavy atom. The molecule has 0 aromatic heterocycles. The molecule has 2 heteroatoms. The summed E-state index contributed by atoms with van der Waals surface area (Å²) in [5, 5.41) is 0. The minimum Gasteiger partial charge on any atom is -0.207 e. The first-order chi connectivity index (χ1) is 6.75. The van der Waals surface area contributed by atoms with Gasteiger partial charge in [0.05, 0.1) is 0 Å². The van der Waals surface area contributed by atoms with Gasteiger partial charge in [-0.05, 0) is 35.4 Å². The molecule has 1 radical (unpaired) electrons. The van der Waals surface area contributed by atoms with Crippen molar-refractivity contribution < 1.29 is 4.39 Å². The van der Waals surface area contributed by atoms with E-state index in [0.29, 0.717) is 0 Å². The molecule has 69 valence electrons. The van der Waals surface area contributed by atoms with Crippen molar-refractivity contribution in [2.45, 2.75) is 0 Å². The SMILES string of the molecule is Fc1ccc(-c2cc[c]c(Br)c2)cc1. The van der Waals surface area contributed by atoms with Gasteiger partial charge in [0, 0.05) is 4.47 Å². The molecule has 0 heterocycles. The van der Waals surface area contributed by atoms with E-state index in [1.165, 1.54) is 12.1 Å². The van der Waals surface area contributed by atoms with E-state index < -0.39 is 0 Å². The largest absolute Gasteiger partial charge is 0.207 e. The maximum Gasteiger partial charge on any atom is 0.123 e. The molecule has 0 fully saturated rings. The predicted octanol–water partition coefficient (Wildman–Crippen LogP) is 4.06. The van der Waals surface area contributed by atoms with Gasteiger partial charge in [0.2, 0.25) is 0 Å². The first-order valence-electron chi connectivity index (χ1n) is 4.19. The Bertz CT molecular complexity index is 434. The molecular weight excluding hydrogens is 243 g/mol. The molecular formula is C12H7BrF. The lowest BCUT2D eigenvalue weighted by Gasteiger charge is -2.01. The summed E-state index contributed by atoms with van der Waals surface area (Å²) in [6.07, 6.45) is 0. The van der Waals surface area contributed by atoms with Crippen molar-refractivity contribution in [2.75, 3.05) is 0 Å². The van der Waals surface area contributed by atoms with Crippen LogP contribution in [-0.4, -0.2) is 0 Å². The molecule has 2 aromatic rings. The van der Waals surface area contributed by atoms with Crippen LogP contribution >= 0.6 is 15.9 Å². The summed E-state index contributed by atoms with van der Waals surface area (Å²) < 4.78 is 13.6. The van der Waals surface area contributed by atoms with Crippen LogP contribution in [0.4, 0.5) is 4.39 Å². The standard InChI is InChI=1S/C12H7BrF/c13-11-3-1-2-10(8-11)9-4-6-12(14)7-5-9/h1-2,4-8H. The molecule has 0 saturated carbocycles. The van der Waals surface area contributed by atoms with Crippen LogP contribution in [0.5, 0.6) is 0 Å². The van der Waals surface area contributed by atoms with Crippen LogP contribution in [0.25, 0.3) is 11.1 Å². The van der Waals surface area contributed by atoms with Crippen molar-refractivity contribution >= 4 is 15.9 Å². The van der Waals surface area contributed by atoms with Gasteiger partial charge in [-0.1, -0.05) is 40.2 Å². The highest BCUT2D eigenvalue weighted by Gasteiger charge is 1.98. The summed E-state index contributed by atoms with van der Waals surface area (Å²) in [6, 6.07) is 15.2. The maximum atomic E-state index is 12.7. The third kappa shape index (κ3) is 2.02. The minimum atomic E-state index is -0.213. The first-order valence-corrected chi connectivity index (χ1v) is 4.98. The molecule has 0 aliphatic heterocycles. The van der Waals surface area contributed by atoms with Crippen LogP contribution in [0.15, 0.2) is 46.9 Å². The zero-order valence-electron chi connectivity index (χ0n) is 7.30. The Labute approximate surface area is 90.5 Å². The van der Waals surface area contributed by atoms with Crippen molar-refractivity contribution in [3.63, 3.8) is 0 Å². The molecule has 0 bridgehead atoms. The normalized spacial score (nSPS) is 10.1. The van der Waals surface area contributed by atoms with Gasteiger partial charge in [0.25, 0.3) is 0 Å². The molecule has 0 atom stereocenters. The Morgan fingerprint density at radius 3 is 2.36 bits per heavy atom. The second-order valence-corrected chi connectivity index (χ2v) is 3.79. The fourth-order valence-corrected chi connectivity index (χ4v) is 1.64. The van der Waals surface area contributed by atoms with Crippen molar-refractivity contribution in [1.82, 2.24) is 0 Å². The third-order valence-corrected chi connectivity index (χ3v) is 2.40. The van der Waals surface area contributed by atoms with Gasteiger partial charge in [0.1, 0.15) is 5.82 Å². The lowest BCUT2D eigenvalue weighted by Crippen LogP contribution is -1.78. The van der Waals surface area contributed by atoms with E-state index in [2.05, 4.69) is 22.0 Å². The van der Waals surface area contributed by atoms with E-state index in [0.717, 1.165) is 15.6 Å². The Kier molecular flexibility index (Phi) is 2.64. The first kappa shape index (κ1) is 9.41. The quantitative estimate of drug-likeness (QED) is 0.716. The van der Waals surface area contributed by atoms with Crippen LogP contribution in [0.1, 0.15) is 0 Å². The van der Waals surface area contributed by atoms with E-state index in [-0.39, 0.29) is 5.82 Å². The van der Waals surface area contributed by atoms with Crippen molar-refractivity contribution in [3.05, 3.63) is 58.8 Å². The second-order valence-electron chi connectivity index (χ2n) is 2.93. The number of halogens is 2. The zero-order valence-corrected chi connectivity index (χ0v) is 8.88. The molecule has 0 saturated heterocycles. The summed E-state index contributed by atoms with van der Waals surface area (Å²) in [5.74, 6) is -0.213. The summed E-state index contributed by atoms with van der Waals surface area (Å²) in [5.41, 5.74) is 2.05. The average Bonchev–Trinajstić information content (AvgIpc) is 2.19. The molecule has 2 aromatic carbocycles. The highest BCUT2D eigenvalue weighted by Crippen LogP contribution is 2.22. The molecule has 0 aliphatic carbocycles. The van der Waals surface area contributed by atoms with Crippen molar-refractivity contribution in [2.24, 2.45) is 0 Å². The van der Waals surface area contributed by atoms with Crippen LogP contribution in [-0.2, 0) is 0 Å². The highest BCUT2D eigenvalue weighted by molar-refractivity contribution is 9.10. The monoisotopic (exact) mass is 249 g/mol. The van der Waals surface area contributed by atoms with Crippen LogP contribution in [0.3, 0.4) is 0 Å². The molecule has 0 unspecified atom stereocenters. The lowest BCUT2D eigenvalue weighted by atomic mass is 10.1. The summed E-state index contributed by atoms with van der Waals surface area (Å²) in [4.78, 5) is 0. The van der Waals surface area contributed by atoms with Gasteiger partial charge in [0.15, 0.2) is 0 Å². The van der Waals surface area contributed by atoms with E-state index >= 15 is 0 Å². The summed E-state index contributed by atoms with van der Waals surface area (Å²) in [6.45, 7) is 0. The predicted molar refractivity (Wildman–Crippen MR) is 58.4 cm³/mol. The van der Waals surface area contributed by atoms with Crippen LogP contribution in [0, 0.1) is 11.9 Å². The van der Waals surface area contributed by atoms with Gasteiger partial charge < -0.3 is 0 Å². The summed E-state index contributed by atoms with van der Waals surface area (Å²) >= 11 is 3.34. The third-order valence-electron chi connectivity index (χ3n) is 1.94. The van der Waals surface area contributed by atoms with Crippen LogP contribution in [0.2, 0.25) is 0 Å². The van der Waals surface area contributed by atoms with Gasteiger partial charge in [-0.25, -0.2) is 4.39 Å². The van der Waals surface area contributed by atoms with E-state index in [1.807, 2.05) is 18.2 Å². The molecule has 0 N–H and O–H groups in total. The highest BCUT2D eigenvalue weighted by atomic mass is 79.9. The van der Waals surface area contributed by atoms with E-state index in [1.54, 1.807) is 12.1 Å². The smallest absolute Gasteiger partial charge is 0.123 e. The van der Waals surface area contributed by atoms with Gasteiger partial charge >= 0.3 is 0 Å². The minimum absolute atomic E-state index is 0.213. The van der Waals surface area contributed by atoms with E-state index in [9.17, 15) is 4.39 Å². The Balaban J connectivity index is 2.44. The van der Waals surface area contributed by atoms with Gasteiger partial charge in [-0.15, -0.1) is 0 Å². The second kappa shape index (κ2) is 3.93. The molecule has 2 rings (SSSR count). The van der Waals surface area contributed by atoms with Crippen molar-refractivity contribution in [3.8, 4) is 11.1 Å². The number of rotatable bonds is 1. The Morgan fingerprint density at radius 2 is 1.71 bits per heavy atom. The zero-order chi connectivity index (χ0) is 9.97. The average molecular weight is 250 g/mol. The summed E-state index contributed by atoms with van der Waals surface area (Å²) in [7, 11) is 0. The molecule has 0 aliphatic rings. The van der Waals surface area contributed by atoms with Gasteiger partial charge in [-0.2, -0.15) is 0 Å². The number of hydrogen-bond acceptors (Lipinski definition) is 0. The number of hydrogen-bond donors (Lipinski definition) is 0. The van der Waals surface area contributed by atoms with Crippen LogP contribution < -0.4 is 0 Å². The molecule has 0 spiro atoms. The number of benzene rings is 2. The maximum absolute atomic E-state index is 12.7. The topological polar surface area (TPSA) is 0 Å². The molecule has 0 amide bonds. The molecule has 0 nitrogen and oxygen atoms in total. The lowest BCUT2D eigenvalue weighted by molar-refractivity contribution is 0.628. The fourth-order valence-electron chi connectivity index (χ4n) is 1.26. The van der Waals surface area contributed by atoms with E-state index in [4.69, 9.17) is 0 Å². The Hall–Kier alpha value is -1.15. The van der Waals surface area contributed by atoms with Gasteiger partial charge in [-0.3, -0.25) is 0 Å². The fraction of sp³-hybridized carbons (Fsp3) is 0.